The van der Waals surface area contributed by atoms with Crippen LogP contribution in [0.1, 0.15) is 33.4 Å². The summed E-state index contributed by atoms with van der Waals surface area (Å²) in [5, 5.41) is 7.15. The largest absolute Gasteiger partial charge is 0.462 e. The molecule has 0 atom stereocenters. The zero-order valence-corrected chi connectivity index (χ0v) is 20.0. The van der Waals surface area contributed by atoms with E-state index in [2.05, 4.69) is 15.6 Å². The molecule has 0 bridgehead atoms. The highest BCUT2D eigenvalue weighted by molar-refractivity contribution is 6.05. The van der Waals surface area contributed by atoms with Gasteiger partial charge in [0.25, 0.3) is 5.91 Å². The fourth-order valence-electron chi connectivity index (χ4n) is 3.93. The minimum absolute atomic E-state index is 0.0502. The van der Waals surface area contributed by atoms with Gasteiger partial charge in [-0.15, -0.1) is 0 Å². The van der Waals surface area contributed by atoms with Crippen LogP contribution >= 0.6 is 0 Å². The van der Waals surface area contributed by atoms with Crippen molar-refractivity contribution in [3.8, 4) is 0 Å². The normalized spacial score (nSPS) is 10.8. The van der Waals surface area contributed by atoms with Gasteiger partial charge in [0, 0.05) is 16.5 Å². The van der Waals surface area contributed by atoms with E-state index in [9.17, 15) is 14.4 Å². The van der Waals surface area contributed by atoms with E-state index in [4.69, 9.17) is 9.15 Å². The predicted molar refractivity (Wildman–Crippen MR) is 141 cm³/mol. The number of ether oxygens (including phenoxy) is 1. The number of esters is 1. The fourth-order valence-corrected chi connectivity index (χ4v) is 3.93. The number of amides is 2. The summed E-state index contributed by atoms with van der Waals surface area (Å²) in [6, 6.07) is 25.0. The van der Waals surface area contributed by atoms with Crippen LogP contribution in [0.5, 0.6) is 0 Å². The molecule has 2 heterocycles. The van der Waals surface area contributed by atoms with E-state index in [1.807, 2.05) is 36.4 Å². The molecule has 0 aliphatic heterocycles. The number of furan rings is 1. The van der Waals surface area contributed by atoms with Crippen LogP contribution in [0.25, 0.3) is 21.9 Å². The predicted octanol–water partition coefficient (Wildman–Crippen LogP) is 5.59. The summed E-state index contributed by atoms with van der Waals surface area (Å²) < 4.78 is 10.7. The molecule has 5 aromatic rings. The van der Waals surface area contributed by atoms with Gasteiger partial charge in [-0.25, -0.2) is 9.78 Å². The zero-order valence-electron chi connectivity index (χ0n) is 20.0. The highest BCUT2D eigenvalue weighted by Crippen LogP contribution is 2.23. The van der Waals surface area contributed by atoms with E-state index in [1.54, 1.807) is 55.5 Å². The number of anilines is 2. The molecule has 8 nitrogen and oxygen atoms in total. The first-order valence-electron chi connectivity index (χ1n) is 11.8. The van der Waals surface area contributed by atoms with Crippen LogP contribution in [-0.4, -0.2) is 29.4 Å². The Kier molecular flexibility index (Phi) is 6.63. The number of rotatable bonds is 7. The topological polar surface area (TPSA) is 111 Å². The van der Waals surface area contributed by atoms with E-state index in [1.165, 1.54) is 0 Å². The third-order valence-electron chi connectivity index (χ3n) is 5.70. The average Bonchev–Trinajstić information content (AvgIpc) is 3.34. The molecule has 0 radical (unpaired) electrons. The van der Waals surface area contributed by atoms with Crippen molar-refractivity contribution in [3.05, 3.63) is 102 Å². The van der Waals surface area contributed by atoms with Crippen molar-refractivity contribution in [2.24, 2.45) is 0 Å². The van der Waals surface area contributed by atoms with Crippen molar-refractivity contribution in [1.29, 1.82) is 0 Å². The van der Waals surface area contributed by atoms with Crippen LogP contribution in [-0.2, 0) is 16.0 Å². The third kappa shape index (κ3) is 5.33. The van der Waals surface area contributed by atoms with Crippen molar-refractivity contribution in [2.75, 3.05) is 17.2 Å². The standard InChI is InChI=1S/C29H23N3O5/c1-2-36-29(35)22-16-19-7-3-5-9-23(19)31-27(22)32-26(33)15-18-11-13-21(14-12-18)30-28(34)25-17-20-8-4-6-10-24(20)37-25/h3-14,16-17H,2,15H2,1H3,(H,30,34)(H,31,32,33). The molecule has 184 valence electrons. The first-order valence-corrected chi connectivity index (χ1v) is 11.8. The van der Waals surface area contributed by atoms with Gasteiger partial charge in [-0.3, -0.25) is 9.59 Å². The minimum Gasteiger partial charge on any atom is -0.462 e. The number of fused-ring (bicyclic) bond motifs is 2. The molecule has 2 aromatic heterocycles. The second-order valence-corrected chi connectivity index (χ2v) is 8.32. The summed E-state index contributed by atoms with van der Waals surface area (Å²) >= 11 is 0. The Hall–Kier alpha value is -4.98. The summed E-state index contributed by atoms with van der Waals surface area (Å²) in [6.07, 6.45) is 0.0502. The van der Waals surface area contributed by atoms with Gasteiger partial charge in [-0.1, -0.05) is 48.5 Å². The van der Waals surface area contributed by atoms with Gasteiger partial charge in [0.05, 0.1) is 18.5 Å². The summed E-state index contributed by atoms with van der Waals surface area (Å²) in [6.45, 7) is 1.92. The number of hydrogen-bond acceptors (Lipinski definition) is 6. The average molecular weight is 494 g/mol. The van der Waals surface area contributed by atoms with Gasteiger partial charge in [-0.05, 0) is 48.9 Å². The summed E-state index contributed by atoms with van der Waals surface area (Å²) in [5.74, 6) is -0.898. The molecule has 37 heavy (non-hydrogen) atoms. The SMILES string of the molecule is CCOC(=O)c1cc2ccccc2nc1NC(=O)Cc1ccc(NC(=O)c2cc3ccccc3o2)cc1. The Morgan fingerprint density at radius 2 is 1.59 bits per heavy atom. The summed E-state index contributed by atoms with van der Waals surface area (Å²) in [5.41, 5.74) is 2.77. The molecule has 2 amide bonds. The Morgan fingerprint density at radius 3 is 2.35 bits per heavy atom. The molecule has 2 N–H and O–H groups in total. The highest BCUT2D eigenvalue weighted by atomic mass is 16.5. The minimum atomic E-state index is -0.555. The lowest BCUT2D eigenvalue weighted by Gasteiger charge is -2.11. The Labute approximate surface area is 212 Å². The number of aromatic nitrogens is 1. The fraction of sp³-hybridized carbons (Fsp3) is 0.103. The highest BCUT2D eigenvalue weighted by Gasteiger charge is 2.18. The smallest absolute Gasteiger partial charge is 0.341 e. The van der Waals surface area contributed by atoms with Crippen LogP contribution in [0.3, 0.4) is 0 Å². The molecule has 0 aliphatic carbocycles. The number of carbonyl (C=O) groups excluding carboxylic acids is 3. The molecule has 3 aromatic carbocycles. The van der Waals surface area contributed by atoms with Crippen molar-refractivity contribution >= 4 is 51.2 Å². The molecule has 0 aliphatic rings. The summed E-state index contributed by atoms with van der Waals surface area (Å²) in [7, 11) is 0. The number of nitrogens with one attached hydrogen (secondary N) is 2. The van der Waals surface area contributed by atoms with Crippen molar-refractivity contribution in [3.63, 3.8) is 0 Å². The van der Waals surface area contributed by atoms with Gasteiger partial charge < -0.3 is 19.8 Å². The maximum atomic E-state index is 12.8. The van der Waals surface area contributed by atoms with Crippen molar-refractivity contribution in [2.45, 2.75) is 13.3 Å². The van der Waals surface area contributed by atoms with Crippen molar-refractivity contribution < 1.29 is 23.5 Å². The monoisotopic (exact) mass is 493 g/mol. The van der Waals surface area contributed by atoms with Crippen molar-refractivity contribution in [1.82, 2.24) is 4.98 Å². The van der Waals surface area contributed by atoms with E-state index >= 15 is 0 Å². The van der Waals surface area contributed by atoms with E-state index in [-0.39, 0.29) is 42.0 Å². The summed E-state index contributed by atoms with van der Waals surface area (Å²) in [4.78, 5) is 42.3. The molecular weight excluding hydrogens is 470 g/mol. The molecule has 0 spiro atoms. The Bertz CT molecular complexity index is 1590. The zero-order chi connectivity index (χ0) is 25.8. The molecular formula is C29H23N3O5. The van der Waals surface area contributed by atoms with E-state index in [0.717, 1.165) is 16.3 Å². The van der Waals surface area contributed by atoms with Crippen LogP contribution in [0.2, 0.25) is 0 Å². The number of para-hydroxylation sites is 2. The lowest BCUT2D eigenvalue weighted by atomic mass is 10.1. The van der Waals surface area contributed by atoms with Gasteiger partial charge >= 0.3 is 5.97 Å². The van der Waals surface area contributed by atoms with Crippen LogP contribution in [0.15, 0.2) is 89.3 Å². The third-order valence-corrected chi connectivity index (χ3v) is 5.70. The number of carbonyl (C=O) groups is 3. The first-order chi connectivity index (χ1) is 18.0. The molecule has 0 saturated carbocycles. The van der Waals surface area contributed by atoms with Crippen LogP contribution in [0.4, 0.5) is 11.5 Å². The molecule has 0 unspecified atom stereocenters. The number of pyridine rings is 1. The van der Waals surface area contributed by atoms with Gasteiger partial charge in [0.2, 0.25) is 5.91 Å². The van der Waals surface area contributed by atoms with E-state index < -0.39 is 5.97 Å². The molecule has 0 saturated heterocycles. The quantitative estimate of drug-likeness (QED) is 0.286. The van der Waals surface area contributed by atoms with Crippen LogP contribution in [0, 0.1) is 0 Å². The molecule has 8 heteroatoms. The van der Waals surface area contributed by atoms with E-state index in [0.29, 0.717) is 16.8 Å². The second-order valence-electron chi connectivity index (χ2n) is 8.32. The lowest BCUT2D eigenvalue weighted by molar-refractivity contribution is -0.115. The van der Waals surface area contributed by atoms with Gasteiger partial charge in [-0.2, -0.15) is 0 Å². The van der Waals surface area contributed by atoms with Gasteiger partial charge in [0.15, 0.2) is 5.76 Å². The first kappa shape index (κ1) is 23.7. The molecule has 0 fully saturated rings. The van der Waals surface area contributed by atoms with Gasteiger partial charge in [0.1, 0.15) is 17.0 Å². The number of benzene rings is 3. The molecule has 5 rings (SSSR count). The van der Waals surface area contributed by atoms with Crippen LogP contribution < -0.4 is 10.6 Å². The second kappa shape index (κ2) is 10.3. The lowest BCUT2D eigenvalue weighted by Crippen LogP contribution is -2.19. The maximum Gasteiger partial charge on any atom is 0.341 e. The maximum absolute atomic E-state index is 12.8. The Balaban J connectivity index is 1.26. The number of nitrogens with zero attached hydrogens (tertiary/aromatic N) is 1. The number of hydrogen-bond donors (Lipinski definition) is 2. The Morgan fingerprint density at radius 1 is 0.865 bits per heavy atom.